The van der Waals surface area contributed by atoms with Gasteiger partial charge in [0.2, 0.25) is 0 Å². The SMILES string of the molecule is O=CC(c1c[nH]c2ccc(F)cc12)C1c2ccccc2-c2ccccc21. The summed E-state index contributed by atoms with van der Waals surface area (Å²) in [4.78, 5) is 15.4. The molecular weight excluding hydrogens is 325 g/mol. The number of fused-ring (bicyclic) bond motifs is 4. The lowest BCUT2D eigenvalue weighted by molar-refractivity contribution is -0.109. The number of benzene rings is 3. The van der Waals surface area contributed by atoms with Crippen molar-refractivity contribution >= 4 is 17.2 Å². The van der Waals surface area contributed by atoms with E-state index in [2.05, 4.69) is 29.2 Å². The average molecular weight is 341 g/mol. The highest BCUT2D eigenvalue weighted by Crippen LogP contribution is 2.50. The highest BCUT2D eigenvalue weighted by molar-refractivity contribution is 5.89. The average Bonchev–Trinajstić information content (AvgIpc) is 3.23. The Morgan fingerprint density at radius 1 is 0.923 bits per heavy atom. The molecule has 4 aromatic rings. The van der Waals surface area contributed by atoms with Crippen LogP contribution in [0.5, 0.6) is 0 Å². The first-order chi connectivity index (χ1) is 12.8. The monoisotopic (exact) mass is 341 g/mol. The lowest BCUT2D eigenvalue weighted by Gasteiger charge is -2.20. The Morgan fingerprint density at radius 2 is 1.58 bits per heavy atom. The van der Waals surface area contributed by atoms with Crippen LogP contribution in [-0.4, -0.2) is 11.3 Å². The fourth-order valence-corrected chi connectivity index (χ4v) is 4.30. The number of aldehydes is 1. The summed E-state index contributed by atoms with van der Waals surface area (Å²) in [6.45, 7) is 0. The quantitative estimate of drug-likeness (QED) is 0.497. The molecule has 0 radical (unpaired) electrons. The van der Waals surface area contributed by atoms with E-state index in [1.165, 1.54) is 23.3 Å². The molecular formula is C23H16FNO. The van der Waals surface area contributed by atoms with Crippen LogP contribution in [0.4, 0.5) is 4.39 Å². The summed E-state index contributed by atoms with van der Waals surface area (Å²) in [7, 11) is 0. The van der Waals surface area contributed by atoms with Crippen molar-refractivity contribution in [1.29, 1.82) is 0 Å². The van der Waals surface area contributed by atoms with Crippen molar-refractivity contribution in [3.8, 4) is 11.1 Å². The van der Waals surface area contributed by atoms with E-state index in [-0.39, 0.29) is 17.7 Å². The molecule has 1 heterocycles. The zero-order valence-corrected chi connectivity index (χ0v) is 13.9. The lowest BCUT2D eigenvalue weighted by Crippen LogP contribution is -2.12. The molecule has 26 heavy (non-hydrogen) atoms. The molecule has 126 valence electrons. The Kier molecular flexibility index (Phi) is 3.29. The predicted molar refractivity (Wildman–Crippen MR) is 101 cm³/mol. The number of rotatable bonds is 3. The Hall–Kier alpha value is -3.20. The van der Waals surface area contributed by atoms with E-state index >= 15 is 0 Å². The van der Waals surface area contributed by atoms with Gasteiger partial charge in [0.1, 0.15) is 12.1 Å². The Morgan fingerprint density at radius 3 is 2.23 bits per heavy atom. The summed E-state index contributed by atoms with van der Waals surface area (Å²) in [5.41, 5.74) is 6.32. The molecule has 5 rings (SSSR count). The standard InChI is InChI=1S/C23H16FNO/c24-14-9-10-22-19(11-14)20(12-25-22)21(13-26)23-17-7-3-1-5-15(17)16-6-2-4-8-18(16)23/h1-13,21,23,25H. The van der Waals surface area contributed by atoms with E-state index in [9.17, 15) is 9.18 Å². The summed E-state index contributed by atoms with van der Waals surface area (Å²) < 4.78 is 13.8. The normalized spacial score (nSPS) is 14.2. The maximum absolute atomic E-state index is 13.8. The minimum atomic E-state index is -0.379. The van der Waals surface area contributed by atoms with Crippen molar-refractivity contribution in [3.05, 3.63) is 95.4 Å². The zero-order chi connectivity index (χ0) is 17.7. The molecule has 0 saturated carbocycles. The van der Waals surface area contributed by atoms with E-state index in [1.54, 1.807) is 6.07 Å². The van der Waals surface area contributed by atoms with Crippen LogP contribution in [0.15, 0.2) is 72.9 Å². The smallest absolute Gasteiger partial charge is 0.128 e. The van der Waals surface area contributed by atoms with Crippen molar-refractivity contribution in [1.82, 2.24) is 4.98 Å². The third kappa shape index (κ3) is 2.07. The molecule has 0 saturated heterocycles. The molecule has 0 bridgehead atoms. The van der Waals surface area contributed by atoms with Gasteiger partial charge in [-0.1, -0.05) is 48.5 Å². The third-order valence-corrected chi connectivity index (χ3v) is 5.42. The molecule has 0 aliphatic heterocycles. The van der Waals surface area contributed by atoms with Gasteiger partial charge in [0.15, 0.2) is 0 Å². The summed E-state index contributed by atoms with van der Waals surface area (Å²) >= 11 is 0. The van der Waals surface area contributed by atoms with Crippen LogP contribution in [0.3, 0.4) is 0 Å². The van der Waals surface area contributed by atoms with E-state index in [0.717, 1.165) is 33.9 Å². The van der Waals surface area contributed by atoms with Crippen LogP contribution in [0.2, 0.25) is 0 Å². The van der Waals surface area contributed by atoms with Gasteiger partial charge < -0.3 is 9.78 Å². The molecule has 1 aliphatic rings. The van der Waals surface area contributed by atoms with Gasteiger partial charge in [-0.2, -0.15) is 0 Å². The zero-order valence-electron chi connectivity index (χ0n) is 13.9. The van der Waals surface area contributed by atoms with Crippen molar-refractivity contribution in [3.63, 3.8) is 0 Å². The lowest BCUT2D eigenvalue weighted by atomic mass is 9.80. The molecule has 0 spiro atoms. The molecule has 1 aromatic heterocycles. The molecule has 1 unspecified atom stereocenters. The number of carbonyl (C=O) groups excluding carboxylic acids is 1. The van der Waals surface area contributed by atoms with Gasteiger partial charge in [-0.15, -0.1) is 0 Å². The fraction of sp³-hybridized carbons (Fsp3) is 0.0870. The van der Waals surface area contributed by atoms with Gasteiger partial charge >= 0.3 is 0 Å². The molecule has 0 amide bonds. The second-order valence-corrected chi connectivity index (χ2v) is 6.75. The van der Waals surface area contributed by atoms with Gasteiger partial charge in [-0.3, -0.25) is 0 Å². The number of halogens is 1. The van der Waals surface area contributed by atoms with Gasteiger partial charge in [-0.25, -0.2) is 4.39 Å². The van der Waals surface area contributed by atoms with Crippen LogP contribution in [0.25, 0.3) is 22.0 Å². The highest BCUT2D eigenvalue weighted by atomic mass is 19.1. The summed E-state index contributed by atoms with van der Waals surface area (Å²) in [6.07, 6.45) is 2.84. The van der Waals surface area contributed by atoms with Crippen LogP contribution in [0.1, 0.15) is 28.5 Å². The van der Waals surface area contributed by atoms with Crippen LogP contribution < -0.4 is 0 Å². The van der Waals surface area contributed by atoms with E-state index in [1.807, 2.05) is 30.5 Å². The number of aromatic nitrogens is 1. The van der Waals surface area contributed by atoms with Crippen molar-refractivity contribution < 1.29 is 9.18 Å². The van der Waals surface area contributed by atoms with E-state index in [4.69, 9.17) is 0 Å². The Bertz CT molecular complexity index is 1100. The van der Waals surface area contributed by atoms with Crippen LogP contribution in [0, 0.1) is 5.82 Å². The molecule has 1 N–H and O–H groups in total. The van der Waals surface area contributed by atoms with Crippen LogP contribution in [-0.2, 0) is 4.79 Å². The number of aromatic amines is 1. The molecule has 2 nitrogen and oxygen atoms in total. The first-order valence-corrected chi connectivity index (χ1v) is 8.68. The molecule has 3 heteroatoms. The number of nitrogens with one attached hydrogen (secondary N) is 1. The van der Waals surface area contributed by atoms with Gasteiger partial charge in [0, 0.05) is 23.0 Å². The first kappa shape index (κ1) is 15.1. The maximum Gasteiger partial charge on any atom is 0.128 e. The molecule has 3 aromatic carbocycles. The number of H-pyrrole nitrogens is 1. The van der Waals surface area contributed by atoms with Crippen LogP contribution >= 0.6 is 0 Å². The summed E-state index contributed by atoms with van der Waals surface area (Å²) in [5.74, 6) is -0.743. The predicted octanol–water partition coefficient (Wildman–Crippen LogP) is 5.40. The second kappa shape index (κ2) is 5.67. The number of hydrogen-bond acceptors (Lipinski definition) is 1. The Balaban J connectivity index is 1.75. The molecule has 0 fully saturated rings. The van der Waals surface area contributed by atoms with Gasteiger partial charge in [0.05, 0.1) is 5.92 Å². The maximum atomic E-state index is 13.8. The largest absolute Gasteiger partial charge is 0.361 e. The van der Waals surface area contributed by atoms with Crippen molar-refractivity contribution in [2.75, 3.05) is 0 Å². The van der Waals surface area contributed by atoms with Gasteiger partial charge in [0.25, 0.3) is 0 Å². The second-order valence-electron chi connectivity index (χ2n) is 6.75. The van der Waals surface area contributed by atoms with Crippen molar-refractivity contribution in [2.24, 2.45) is 0 Å². The summed E-state index contributed by atoms with van der Waals surface area (Å²) in [5, 5.41) is 0.768. The fourth-order valence-electron chi connectivity index (χ4n) is 4.30. The van der Waals surface area contributed by atoms with E-state index < -0.39 is 0 Å². The van der Waals surface area contributed by atoms with Gasteiger partial charge in [-0.05, 0) is 46.0 Å². The Labute approximate surface area is 150 Å². The number of carbonyl (C=O) groups is 1. The molecule has 1 aliphatic carbocycles. The van der Waals surface area contributed by atoms with E-state index in [0.29, 0.717) is 0 Å². The first-order valence-electron chi connectivity index (χ1n) is 8.68. The minimum absolute atomic E-state index is 0.0674. The van der Waals surface area contributed by atoms with Crippen molar-refractivity contribution in [2.45, 2.75) is 11.8 Å². The minimum Gasteiger partial charge on any atom is -0.361 e. The highest BCUT2D eigenvalue weighted by Gasteiger charge is 2.35. The number of hydrogen-bond donors (Lipinski definition) is 1. The topological polar surface area (TPSA) is 32.9 Å². The summed E-state index contributed by atoms with van der Waals surface area (Å²) in [6, 6.07) is 21.1. The third-order valence-electron chi connectivity index (χ3n) is 5.42. The molecule has 1 atom stereocenters.